The fourth-order valence-corrected chi connectivity index (χ4v) is 3.06. The van der Waals surface area contributed by atoms with Crippen molar-refractivity contribution in [1.29, 1.82) is 0 Å². The normalized spacial score (nSPS) is 10.9. The van der Waals surface area contributed by atoms with Gasteiger partial charge in [0.2, 0.25) is 0 Å². The number of hydrogen-bond acceptors (Lipinski definition) is 3. The van der Waals surface area contributed by atoms with Crippen LogP contribution in [-0.2, 0) is 13.1 Å². The number of thiophene rings is 1. The second-order valence-corrected chi connectivity index (χ2v) is 5.22. The molecule has 0 saturated heterocycles. The summed E-state index contributed by atoms with van der Waals surface area (Å²) in [5.74, 6) is 2.66. The van der Waals surface area contributed by atoms with Crippen LogP contribution in [0.25, 0.3) is 10.1 Å². The minimum absolute atomic E-state index is 0.596. The maximum absolute atomic E-state index is 5.82. The molecule has 1 aromatic heterocycles. The van der Waals surface area contributed by atoms with Crippen LogP contribution in [0.5, 0.6) is 0 Å². The van der Waals surface area contributed by atoms with Gasteiger partial charge < -0.3 is 5.73 Å². The van der Waals surface area contributed by atoms with Gasteiger partial charge in [-0.1, -0.05) is 24.1 Å². The lowest BCUT2D eigenvalue weighted by atomic mass is 10.1. The molecule has 0 amide bonds. The summed E-state index contributed by atoms with van der Waals surface area (Å²) in [6, 6.07) is 8.43. The molecule has 0 aliphatic rings. The van der Waals surface area contributed by atoms with E-state index in [4.69, 9.17) is 12.2 Å². The summed E-state index contributed by atoms with van der Waals surface area (Å²) >= 11 is 1.78. The molecule has 0 aliphatic carbocycles. The van der Waals surface area contributed by atoms with E-state index in [1.165, 1.54) is 20.5 Å². The average molecular weight is 244 g/mol. The van der Waals surface area contributed by atoms with Gasteiger partial charge in [-0.05, 0) is 24.1 Å². The van der Waals surface area contributed by atoms with Crippen LogP contribution in [0.15, 0.2) is 24.3 Å². The monoisotopic (exact) mass is 244 g/mol. The van der Waals surface area contributed by atoms with Crippen LogP contribution in [-0.4, -0.2) is 18.5 Å². The van der Waals surface area contributed by atoms with Crippen molar-refractivity contribution in [2.24, 2.45) is 5.73 Å². The minimum atomic E-state index is 0.596. The Hall–Kier alpha value is -1.34. The minimum Gasteiger partial charge on any atom is -0.326 e. The molecule has 0 saturated carbocycles. The molecule has 2 aromatic rings. The molecule has 2 rings (SSSR count). The van der Waals surface area contributed by atoms with Crippen LogP contribution in [0.3, 0.4) is 0 Å². The Morgan fingerprint density at radius 2 is 2.18 bits per heavy atom. The van der Waals surface area contributed by atoms with E-state index in [0.29, 0.717) is 13.1 Å². The first-order valence-corrected chi connectivity index (χ1v) is 6.39. The van der Waals surface area contributed by atoms with Crippen molar-refractivity contribution in [2.45, 2.75) is 13.1 Å². The quantitative estimate of drug-likeness (QED) is 0.837. The van der Waals surface area contributed by atoms with Gasteiger partial charge in [0, 0.05) is 22.7 Å². The molecule has 0 unspecified atom stereocenters. The van der Waals surface area contributed by atoms with E-state index in [0.717, 1.165) is 6.54 Å². The number of nitrogens with zero attached hydrogens (tertiary/aromatic N) is 1. The van der Waals surface area contributed by atoms with Gasteiger partial charge in [0.25, 0.3) is 0 Å². The van der Waals surface area contributed by atoms with Crippen molar-refractivity contribution >= 4 is 21.4 Å². The molecule has 0 bridgehead atoms. The van der Waals surface area contributed by atoms with Crippen molar-refractivity contribution in [1.82, 2.24) is 4.90 Å². The molecule has 88 valence electrons. The summed E-state index contributed by atoms with van der Waals surface area (Å²) in [6.07, 6.45) is 5.33. The summed E-state index contributed by atoms with van der Waals surface area (Å²) in [5, 5.41) is 1.31. The van der Waals surface area contributed by atoms with Gasteiger partial charge in [-0.15, -0.1) is 17.8 Å². The van der Waals surface area contributed by atoms with Gasteiger partial charge >= 0.3 is 0 Å². The third-order valence-electron chi connectivity index (χ3n) is 2.76. The summed E-state index contributed by atoms with van der Waals surface area (Å²) in [5.41, 5.74) is 7.14. The standard InChI is InChI=1S/C14H16N2S/c1-3-8-16(2)10-12-11-6-4-5-7-13(11)17-14(12)9-15/h1,4-7H,8-10,15H2,2H3. The van der Waals surface area contributed by atoms with Crippen LogP contribution >= 0.6 is 11.3 Å². The van der Waals surface area contributed by atoms with E-state index < -0.39 is 0 Å². The van der Waals surface area contributed by atoms with Crippen molar-refractivity contribution in [3.05, 3.63) is 34.7 Å². The molecule has 0 fully saturated rings. The van der Waals surface area contributed by atoms with Crippen molar-refractivity contribution < 1.29 is 0 Å². The second-order valence-electron chi connectivity index (χ2n) is 4.08. The molecule has 1 heterocycles. The van der Waals surface area contributed by atoms with E-state index >= 15 is 0 Å². The maximum Gasteiger partial charge on any atom is 0.0599 e. The molecule has 0 aliphatic heterocycles. The van der Waals surface area contributed by atoms with Gasteiger partial charge in [-0.3, -0.25) is 4.90 Å². The molecule has 2 N–H and O–H groups in total. The maximum atomic E-state index is 5.82. The number of terminal acetylenes is 1. The van der Waals surface area contributed by atoms with Crippen LogP contribution < -0.4 is 5.73 Å². The third-order valence-corrected chi connectivity index (χ3v) is 3.99. The highest BCUT2D eigenvalue weighted by Gasteiger charge is 2.11. The molecular formula is C14H16N2S. The Kier molecular flexibility index (Phi) is 3.80. The fourth-order valence-electron chi connectivity index (χ4n) is 1.97. The van der Waals surface area contributed by atoms with Gasteiger partial charge in [-0.2, -0.15) is 0 Å². The number of hydrogen-bond donors (Lipinski definition) is 1. The molecule has 3 heteroatoms. The number of benzene rings is 1. The van der Waals surface area contributed by atoms with Crippen LogP contribution in [0.1, 0.15) is 10.4 Å². The predicted molar refractivity (Wildman–Crippen MR) is 74.9 cm³/mol. The summed E-state index contributed by atoms with van der Waals surface area (Å²) < 4.78 is 1.30. The van der Waals surface area contributed by atoms with Gasteiger partial charge in [0.15, 0.2) is 0 Å². The Balaban J connectivity index is 2.40. The van der Waals surface area contributed by atoms with Crippen molar-refractivity contribution in [3.63, 3.8) is 0 Å². The van der Waals surface area contributed by atoms with Crippen LogP contribution in [0.4, 0.5) is 0 Å². The average Bonchev–Trinajstić information content (AvgIpc) is 2.68. The van der Waals surface area contributed by atoms with Crippen molar-refractivity contribution in [2.75, 3.05) is 13.6 Å². The first kappa shape index (κ1) is 12.1. The number of nitrogens with two attached hydrogens (primary N) is 1. The zero-order valence-corrected chi connectivity index (χ0v) is 10.8. The number of rotatable bonds is 4. The van der Waals surface area contributed by atoms with Crippen molar-refractivity contribution in [3.8, 4) is 12.3 Å². The smallest absolute Gasteiger partial charge is 0.0599 e. The molecule has 0 spiro atoms. The highest BCUT2D eigenvalue weighted by Crippen LogP contribution is 2.31. The fraction of sp³-hybridized carbons (Fsp3) is 0.286. The lowest BCUT2D eigenvalue weighted by Crippen LogP contribution is -2.18. The van der Waals surface area contributed by atoms with E-state index in [1.807, 2.05) is 7.05 Å². The molecule has 0 radical (unpaired) electrons. The van der Waals surface area contributed by atoms with Gasteiger partial charge in [-0.25, -0.2) is 0 Å². The first-order chi connectivity index (χ1) is 8.26. The highest BCUT2D eigenvalue weighted by molar-refractivity contribution is 7.19. The lowest BCUT2D eigenvalue weighted by Gasteiger charge is -2.13. The Morgan fingerprint density at radius 1 is 1.41 bits per heavy atom. The van der Waals surface area contributed by atoms with Crippen LogP contribution in [0, 0.1) is 12.3 Å². The summed E-state index contributed by atoms with van der Waals surface area (Å²) in [7, 11) is 2.03. The zero-order valence-electron chi connectivity index (χ0n) is 9.94. The molecule has 2 nitrogen and oxygen atoms in total. The predicted octanol–water partition coefficient (Wildman–Crippen LogP) is 2.43. The van der Waals surface area contributed by atoms with Gasteiger partial charge in [0.1, 0.15) is 0 Å². The largest absolute Gasteiger partial charge is 0.326 e. The van der Waals surface area contributed by atoms with E-state index in [1.54, 1.807) is 11.3 Å². The summed E-state index contributed by atoms with van der Waals surface area (Å²) in [6.45, 7) is 2.12. The van der Waals surface area contributed by atoms with E-state index in [9.17, 15) is 0 Å². The Labute approximate surface area is 106 Å². The second kappa shape index (κ2) is 5.33. The molecule has 17 heavy (non-hydrogen) atoms. The SMILES string of the molecule is C#CCN(C)Cc1c(CN)sc2ccccc12. The van der Waals surface area contributed by atoms with Crippen LogP contribution in [0.2, 0.25) is 0 Å². The summed E-state index contributed by atoms with van der Waals surface area (Å²) in [4.78, 5) is 3.39. The van der Waals surface area contributed by atoms with E-state index in [-0.39, 0.29) is 0 Å². The molecular weight excluding hydrogens is 228 g/mol. The lowest BCUT2D eigenvalue weighted by molar-refractivity contribution is 0.370. The molecule has 0 atom stereocenters. The first-order valence-electron chi connectivity index (χ1n) is 5.57. The topological polar surface area (TPSA) is 29.3 Å². The third kappa shape index (κ3) is 2.50. The van der Waals surface area contributed by atoms with E-state index in [2.05, 4.69) is 35.1 Å². The Bertz CT molecular complexity index is 551. The Morgan fingerprint density at radius 3 is 2.88 bits per heavy atom. The zero-order chi connectivity index (χ0) is 12.3. The number of fused-ring (bicyclic) bond motifs is 1. The highest BCUT2D eigenvalue weighted by atomic mass is 32.1. The molecule has 1 aromatic carbocycles. The van der Waals surface area contributed by atoms with Gasteiger partial charge in [0.05, 0.1) is 6.54 Å².